The standard InChI is InChI=1S/C8H13NO2/c1-9(2)7(6-10)8-4-3-5-11-8/h3-5,7,10H,6H2,1-2H3. The van der Waals surface area contributed by atoms with Gasteiger partial charge in [-0.25, -0.2) is 0 Å². The van der Waals surface area contributed by atoms with E-state index in [2.05, 4.69) is 0 Å². The molecule has 1 aromatic rings. The van der Waals surface area contributed by atoms with Crippen molar-refractivity contribution in [1.82, 2.24) is 4.90 Å². The maximum atomic E-state index is 8.97. The van der Waals surface area contributed by atoms with Gasteiger partial charge in [-0.1, -0.05) is 0 Å². The molecule has 1 aromatic heterocycles. The summed E-state index contributed by atoms with van der Waals surface area (Å²) in [7, 11) is 3.81. The zero-order valence-electron chi connectivity index (χ0n) is 6.82. The topological polar surface area (TPSA) is 36.6 Å². The Morgan fingerprint density at radius 1 is 1.64 bits per heavy atom. The average Bonchev–Trinajstić information content (AvgIpc) is 2.40. The molecular formula is C8H13NO2. The van der Waals surface area contributed by atoms with Crippen molar-refractivity contribution in [2.24, 2.45) is 0 Å². The summed E-state index contributed by atoms with van der Waals surface area (Å²) >= 11 is 0. The Bertz CT molecular complexity index is 194. The third kappa shape index (κ3) is 1.82. The number of nitrogens with zero attached hydrogens (tertiary/aromatic N) is 1. The highest BCUT2D eigenvalue weighted by Gasteiger charge is 2.14. The summed E-state index contributed by atoms with van der Waals surface area (Å²) in [6.45, 7) is 0.0838. The van der Waals surface area contributed by atoms with Crippen molar-refractivity contribution in [3.05, 3.63) is 24.2 Å². The van der Waals surface area contributed by atoms with E-state index in [1.165, 1.54) is 0 Å². The van der Waals surface area contributed by atoms with Gasteiger partial charge in [0.1, 0.15) is 5.76 Å². The molecule has 1 atom stereocenters. The fourth-order valence-corrected chi connectivity index (χ4v) is 0.989. The van der Waals surface area contributed by atoms with Crippen LogP contribution in [0.3, 0.4) is 0 Å². The normalized spacial score (nSPS) is 13.8. The van der Waals surface area contributed by atoms with E-state index >= 15 is 0 Å². The Morgan fingerprint density at radius 2 is 2.36 bits per heavy atom. The first-order valence-electron chi connectivity index (χ1n) is 3.56. The molecule has 1 rings (SSSR count). The molecule has 0 saturated heterocycles. The molecule has 11 heavy (non-hydrogen) atoms. The highest BCUT2D eigenvalue weighted by molar-refractivity contribution is 5.04. The molecule has 0 bridgehead atoms. The second-order valence-electron chi connectivity index (χ2n) is 2.68. The summed E-state index contributed by atoms with van der Waals surface area (Å²) in [5.74, 6) is 0.803. The molecule has 1 N–H and O–H groups in total. The van der Waals surface area contributed by atoms with Crippen molar-refractivity contribution in [2.75, 3.05) is 20.7 Å². The summed E-state index contributed by atoms with van der Waals surface area (Å²) in [5.41, 5.74) is 0. The number of aliphatic hydroxyl groups is 1. The van der Waals surface area contributed by atoms with Crippen molar-refractivity contribution < 1.29 is 9.52 Å². The van der Waals surface area contributed by atoms with E-state index in [1.807, 2.05) is 31.1 Å². The molecule has 0 saturated carbocycles. The van der Waals surface area contributed by atoms with Gasteiger partial charge in [-0.3, -0.25) is 4.90 Å². The molecule has 1 heterocycles. The zero-order valence-corrected chi connectivity index (χ0v) is 6.82. The SMILES string of the molecule is CN(C)C(CO)c1ccco1. The number of rotatable bonds is 3. The average molecular weight is 155 g/mol. The second-order valence-corrected chi connectivity index (χ2v) is 2.68. The lowest BCUT2D eigenvalue weighted by Gasteiger charge is -2.19. The van der Waals surface area contributed by atoms with E-state index in [0.29, 0.717) is 0 Å². The predicted molar refractivity (Wildman–Crippen MR) is 42.2 cm³/mol. The molecule has 0 amide bonds. The van der Waals surface area contributed by atoms with Crippen LogP contribution in [0.5, 0.6) is 0 Å². The van der Waals surface area contributed by atoms with Crippen LogP contribution in [0.1, 0.15) is 11.8 Å². The van der Waals surface area contributed by atoms with Gasteiger partial charge in [0.05, 0.1) is 18.9 Å². The van der Waals surface area contributed by atoms with Crippen molar-refractivity contribution in [3.8, 4) is 0 Å². The van der Waals surface area contributed by atoms with Gasteiger partial charge >= 0.3 is 0 Å². The summed E-state index contributed by atoms with van der Waals surface area (Å²) in [5, 5.41) is 8.97. The number of aliphatic hydroxyl groups excluding tert-OH is 1. The fourth-order valence-electron chi connectivity index (χ4n) is 0.989. The van der Waals surface area contributed by atoms with Crippen LogP contribution in [0.4, 0.5) is 0 Å². The van der Waals surface area contributed by atoms with Crippen LogP contribution >= 0.6 is 0 Å². The summed E-state index contributed by atoms with van der Waals surface area (Å²) in [6.07, 6.45) is 1.61. The lowest BCUT2D eigenvalue weighted by molar-refractivity contribution is 0.152. The van der Waals surface area contributed by atoms with E-state index in [-0.39, 0.29) is 12.6 Å². The van der Waals surface area contributed by atoms with E-state index in [4.69, 9.17) is 9.52 Å². The van der Waals surface area contributed by atoms with Gasteiger partial charge in [0.2, 0.25) is 0 Å². The highest BCUT2D eigenvalue weighted by atomic mass is 16.3. The van der Waals surface area contributed by atoms with Crippen LogP contribution in [0.2, 0.25) is 0 Å². The van der Waals surface area contributed by atoms with Crippen LogP contribution in [-0.2, 0) is 0 Å². The Hall–Kier alpha value is -0.800. The lowest BCUT2D eigenvalue weighted by atomic mass is 10.2. The fraction of sp³-hybridized carbons (Fsp3) is 0.500. The number of hydrogen-bond donors (Lipinski definition) is 1. The van der Waals surface area contributed by atoms with Gasteiger partial charge in [0.15, 0.2) is 0 Å². The minimum atomic E-state index is -0.0231. The summed E-state index contributed by atoms with van der Waals surface area (Å²) < 4.78 is 5.15. The maximum absolute atomic E-state index is 8.97. The molecular weight excluding hydrogens is 142 g/mol. The molecule has 0 fully saturated rings. The number of hydrogen-bond acceptors (Lipinski definition) is 3. The van der Waals surface area contributed by atoms with Gasteiger partial charge in [-0.05, 0) is 26.2 Å². The molecule has 3 heteroatoms. The first-order chi connectivity index (χ1) is 5.25. The van der Waals surface area contributed by atoms with Crippen molar-refractivity contribution in [1.29, 1.82) is 0 Å². The molecule has 3 nitrogen and oxygen atoms in total. The van der Waals surface area contributed by atoms with Crippen molar-refractivity contribution >= 4 is 0 Å². The molecule has 62 valence electrons. The third-order valence-corrected chi connectivity index (χ3v) is 1.67. The largest absolute Gasteiger partial charge is 0.468 e. The van der Waals surface area contributed by atoms with Gasteiger partial charge in [-0.15, -0.1) is 0 Å². The Morgan fingerprint density at radius 3 is 2.73 bits per heavy atom. The minimum absolute atomic E-state index is 0.0231. The lowest BCUT2D eigenvalue weighted by Crippen LogP contribution is -2.22. The van der Waals surface area contributed by atoms with Crippen molar-refractivity contribution in [2.45, 2.75) is 6.04 Å². The van der Waals surface area contributed by atoms with E-state index in [0.717, 1.165) is 5.76 Å². The number of furan rings is 1. The minimum Gasteiger partial charge on any atom is -0.468 e. The van der Waals surface area contributed by atoms with Crippen LogP contribution in [0.25, 0.3) is 0 Å². The van der Waals surface area contributed by atoms with Crippen molar-refractivity contribution in [3.63, 3.8) is 0 Å². The molecule has 0 spiro atoms. The first kappa shape index (κ1) is 8.30. The second kappa shape index (κ2) is 3.55. The summed E-state index contributed by atoms with van der Waals surface area (Å²) in [6, 6.07) is 3.66. The van der Waals surface area contributed by atoms with E-state index in [1.54, 1.807) is 6.26 Å². The third-order valence-electron chi connectivity index (χ3n) is 1.67. The molecule has 1 unspecified atom stereocenters. The van der Waals surface area contributed by atoms with Crippen LogP contribution < -0.4 is 0 Å². The van der Waals surface area contributed by atoms with Gasteiger partial charge in [-0.2, -0.15) is 0 Å². The Kier molecular flexibility index (Phi) is 2.68. The first-order valence-corrected chi connectivity index (χ1v) is 3.56. The molecule has 0 radical (unpaired) electrons. The smallest absolute Gasteiger partial charge is 0.123 e. The van der Waals surface area contributed by atoms with E-state index in [9.17, 15) is 0 Å². The van der Waals surface area contributed by atoms with E-state index < -0.39 is 0 Å². The molecule has 0 aliphatic heterocycles. The van der Waals surface area contributed by atoms with Crippen LogP contribution in [0.15, 0.2) is 22.8 Å². The monoisotopic (exact) mass is 155 g/mol. The highest BCUT2D eigenvalue weighted by Crippen LogP contribution is 2.16. The number of likely N-dealkylation sites (N-methyl/N-ethyl adjacent to an activating group) is 1. The summed E-state index contributed by atoms with van der Waals surface area (Å²) in [4.78, 5) is 1.92. The Labute approximate surface area is 66.2 Å². The quantitative estimate of drug-likeness (QED) is 0.703. The van der Waals surface area contributed by atoms with Crippen LogP contribution in [-0.4, -0.2) is 30.7 Å². The Balaban J connectivity index is 2.71. The van der Waals surface area contributed by atoms with Crippen LogP contribution in [0, 0.1) is 0 Å². The molecule has 0 aliphatic rings. The zero-order chi connectivity index (χ0) is 8.27. The van der Waals surface area contributed by atoms with Gasteiger partial charge < -0.3 is 9.52 Å². The molecule has 0 aliphatic carbocycles. The predicted octanol–water partition coefficient (Wildman–Crippen LogP) is 0.875. The molecule has 0 aromatic carbocycles. The van der Waals surface area contributed by atoms with Gasteiger partial charge in [0, 0.05) is 0 Å². The van der Waals surface area contributed by atoms with Gasteiger partial charge in [0.25, 0.3) is 0 Å². The maximum Gasteiger partial charge on any atom is 0.123 e.